The van der Waals surface area contributed by atoms with Crippen molar-refractivity contribution in [2.45, 2.75) is 19.4 Å². The number of benzene rings is 1. The molecular formula is C17H15N5O2. The molecule has 0 bridgehead atoms. The number of nitrogens with zero attached hydrogens (tertiary/aromatic N) is 4. The fourth-order valence-corrected chi connectivity index (χ4v) is 2.80. The highest BCUT2D eigenvalue weighted by atomic mass is 16.2. The van der Waals surface area contributed by atoms with Crippen LogP contribution in [0.25, 0.3) is 5.69 Å². The lowest BCUT2D eigenvalue weighted by atomic mass is 10.1. The van der Waals surface area contributed by atoms with Crippen LogP contribution >= 0.6 is 0 Å². The summed E-state index contributed by atoms with van der Waals surface area (Å²) in [6.45, 7) is 0.660. The van der Waals surface area contributed by atoms with Crippen molar-refractivity contribution in [2.24, 2.45) is 0 Å². The molecule has 7 heteroatoms. The highest BCUT2D eigenvalue weighted by Crippen LogP contribution is 2.18. The normalized spacial score (nSPS) is 13.6. The second kappa shape index (κ2) is 5.77. The fourth-order valence-electron chi connectivity index (χ4n) is 2.80. The first-order valence-electron chi connectivity index (χ1n) is 7.73. The van der Waals surface area contributed by atoms with Gasteiger partial charge in [-0.25, -0.2) is 4.98 Å². The maximum absolute atomic E-state index is 12.5. The number of Topliss-reactive ketones (excluding diaryl/α,β-unsaturated/α-hetero) is 1. The van der Waals surface area contributed by atoms with E-state index in [1.54, 1.807) is 27.7 Å². The first-order valence-corrected chi connectivity index (χ1v) is 7.73. The monoisotopic (exact) mass is 321 g/mol. The minimum absolute atomic E-state index is 0.0265. The van der Waals surface area contributed by atoms with Gasteiger partial charge in [-0.1, -0.05) is 18.2 Å². The lowest BCUT2D eigenvalue weighted by molar-refractivity contribution is 0.0950. The molecule has 1 N–H and O–H groups in total. The smallest absolute Gasteiger partial charge is 0.278 e. The summed E-state index contributed by atoms with van der Waals surface area (Å²) in [6, 6.07) is 11.1. The standard InChI is InChI=1S/C17H15N5O2/c23-15-7-4-9-22-14(15)11-13(20-22)16(24)19-17-18-8-10-21(17)12-5-2-1-3-6-12/h1-3,5-6,8,10-11H,4,7,9H2,(H,18,19,24). The van der Waals surface area contributed by atoms with E-state index in [9.17, 15) is 9.59 Å². The van der Waals surface area contributed by atoms with Crippen LogP contribution in [-0.2, 0) is 6.54 Å². The zero-order valence-corrected chi connectivity index (χ0v) is 12.8. The van der Waals surface area contributed by atoms with Crippen LogP contribution in [0, 0.1) is 0 Å². The van der Waals surface area contributed by atoms with Gasteiger partial charge in [-0.15, -0.1) is 0 Å². The predicted octanol–water partition coefficient (Wildman–Crippen LogP) is 2.30. The number of imidazole rings is 1. The van der Waals surface area contributed by atoms with Gasteiger partial charge in [0.25, 0.3) is 5.91 Å². The van der Waals surface area contributed by atoms with E-state index in [-0.39, 0.29) is 17.4 Å². The third-order valence-electron chi connectivity index (χ3n) is 3.97. The van der Waals surface area contributed by atoms with Gasteiger partial charge in [-0.2, -0.15) is 5.10 Å². The molecule has 0 aliphatic carbocycles. The lowest BCUT2D eigenvalue weighted by Gasteiger charge is -2.10. The molecule has 120 valence electrons. The van der Waals surface area contributed by atoms with Gasteiger partial charge in [-0.3, -0.25) is 24.2 Å². The summed E-state index contributed by atoms with van der Waals surface area (Å²) in [7, 11) is 0. The Labute approximate surface area is 137 Å². The predicted molar refractivity (Wildman–Crippen MR) is 87.3 cm³/mol. The van der Waals surface area contributed by atoms with Gasteiger partial charge in [-0.05, 0) is 18.6 Å². The van der Waals surface area contributed by atoms with E-state index in [1.165, 1.54) is 0 Å². The summed E-state index contributed by atoms with van der Waals surface area (Å²) < 4.78 is 3.38. The summed E-state index contributed by atoms with van der Waals surface area (Å²) in [5.74, 6) is 0.0511. The highest BCUT2D eigenvalue weighted by Gasteiger charge is 2.23. The van der Waals surface area contributed by atoms with Crippen LogP contribution in [0.2, 0.25) is 0 Å². The minimum atomic E-state index is -0.381. The van der Waals surface area contributed by atoms with E-state index in [4.69, 9.17) is 0 Å². The topological polar surface area (TPSA) is 81.8 Å². The van der Waals surface area contributed by atoms with Crippen LogP contribution < -0.4 is 5.32 Å². The number of amides is 1. The summed E-state index contributed by atoms with van der Waals surface area (Å²) in [5, 5.41) is 6.99. The molecule has 0 unspecified atom stereocenters. The van der Waals surface area contributed by atoms with Crippen molar-refractivity contribution >= 4 is 17.6 Å². The third-order valence-corrected chi connectivity index (χ3v) is 3.97. The average Bonchev–Trinajstić information content (AvgIpc) is 3.23. The molecular weight excluding hydrogens is 306 g/mol. The Morgan fingerprint density at radius 2 is 2.04 bits per heavy atom. The molecule has 0 radical (unpaired) electrons. The Morgan fingerprint density at radius 1 is 1.21 bits per heavy atom. The Bertz CT molecular complexity index is 910. The maximum Gasteiger partial charge on any atom is 0.278 e. The number of carbonyl (C=O) groups excluding carboxylic acids is 2. The van der Waals surface area contributed by atoms with Crippen LogP contribution in [0.5, 0.6) is 0 Å². The van der Waals surface area contributed by atoms with Gasteiger partial charge in [0.2, 0.25) is 5.95 Å². The third kappa shape index (κ3) is 2.50. The number of para-hydroxylation sites is 1. The summed E-state index contributed by atoms with van der Waals surface area (Å²) in [6.07, 6.45) is 4.65. The number of rotatable bonds is 3. The van der Waals surface area contributed by atoms with Gasteiger partial charge in [0.1, 0.15) is 5.69 Å². The summed E-state index contributed by atoms with van der Waals surface area (Å²) >= 11 is 0. The zero-order chi connectivity index (χ0) is 16.5. The quantitative estimate of drug-likeness (QED) is 0.802. The Morgan fingerprint density at radius 3 is 2.83 bits per heavy atom. The second-order valence-corrected chi connectivity index (χ2v) is 5.58. The number of fused-ring (bicyclic) bond motifs is 1. The van der Waals surface area contributed by atoms with Crippen LogP contribution in [0.1, 0.15) is 33.8 Å². The van der Waals surface area contributed by atoms with Crippen LogP contribution in [0.15, 0.2) is 48.8 Å². The first kappa shape index (κ1) is 14.4. The lowest BCUT2D eigenvalue weighted by Crippen LogP contribution is -2.18. The van der Waals surface area contributed by atoms with Crippen molar-refractivity contribution in [3.63, 3.8) is 0 Å². The van der Waals surface area contributed by atoms with Crippen LogP contribution in [0.4, 0.5) is 5.95 Å². The number of nitrogens with one attached hydrogen (secondary N) is 1. The van der Waals surface area contributed by atoms with Crippen molar-refractivity contribution in [2.75, 3.05) is 5.32 Å². The van der Waals surface area contributed by atoms with Gasteiger partial charge in [0.05, 0.1) is 0 Å². The molecule has 2 aromatic heterocycles. The largest absolute Gasteiger partial charge is 0.292 e. The molecule has 0 saturated carbocycles. The van der Waals surface area contributed by atoms with Crippen LogP contribution in [0.3, 0.4) is 0 Å². The van der Waals surface area contributed by atoms with Gasteiger partial charge < -0.3 is 0 Å². The molecule has 0 saturated heterocycles. The molecule has 24 heavy (non-hydrogen) atoms. The van der Waals surface area contributed by atoms with Crippen molar-refractivity contribution in [1.29, 1.82) is 0 Å². The SMILES string of the molecule is O=C(Nc1nccn1-c1ccccc1)c1cc2n(n1)CCCC2=O. The van der Waals surface area contributed by atoms with Crippen molar-refractivity contribution in [3.8, 4) is 5.69 Å². The van der Waals surface area contributed by atoms with Crippen LogP contribution in [-0.4, -0.2) is 31.0 Å². The summed E-state index contributed by atoms with van der Waals surface area (Å²) in [4.78, 5) is 28.5. The number of hydrogen-bond acceptors (Lipinski definition) is 4. The average molecular weight is 321 g/mol. The number of aromatic nitrogens is 4. The van der Waals surface area contributed by atoms with E-state index >= 15 is 0 Å². The molecule has 4 rings (SSSR count). The molecule has 1 aliphatic rings. The fraction of sp³-hybridized carbons (Fsp3) is 0.176. The van der Waals surface area contributed by atoms with E-state index in [1.807, 2.05) is 30.3 Å². The van der Waals surface area contributed by atoms with Crippen molar-refractivity contribution in [3.05, 3.63) is 60.2 Å². The Hall–Kier alpha value is -3.22. The van der Waals surface area contributed by atoms with Crippen molar-refractivity contribution < 1.29 is 9.59 Å². The molecule has 1 aliphatic heterocycles. The van der Waals surface area contributed by atoms with Gasteiger partial charge >= 0.3 is 0 Å². The number of anilines is 1. The minimum Gasteiger partial charge on any atom is -0.292 e. The van der Waals surface area contributed by atoms with E-state index in [2.05, 4.69) is 15.4 Å². The molecule has 3 aromatic rings. The molecule has 0 fully saturated rings. The number of hydrogen-bond donors (Lipinski definition) is 1. The van der Waals surface area contributed by atoms with Crippen molar-refractivity contribution in [1.82, 2.24) is 19.3 Å². The highest BCUT2D eigenvalue weighted by molar-refractivity contribution is 6.04. The Balaban J connectivity index is 1.60. The molecule has 0 atom stereocenters. The summed E-state index contributed by atoms with van der Waals surface area (Å²) in [5.41, 5.74) is 1.62. The molecule has 7 nitrogen and oxygen atoms in total. The first-order chi connectivity index (χ1) is 11.7. The number of aryl methyl sites for hydroxylation is 1. The zero-order valence-electron chi connectivity index (χ0n) is 12.8. The van der Waals surface area contributed by atoms with Gasteiger partial charge in [0.15, 0.2) is 11.5 Å². The second-order valence-electron chi connectivity index (χ2n) is 5.58. The Kier molecular flexibility index (Phi) is 3.45. The van der Waals surface area contributed by atoms with E-state index in [0.29, 0.717) is 24.6 Å². The van der Waals surface area contributed by atoms with E-state index in [0.717, 1.165) is 12.1 Å². The number of ketones is 1. The molecule has 1 aromatic carbocycles. The van der Waals surface area contributed by atoms with E-state index < -0.39 is 0 Å². The number of carbonyl (C=O) groups is 2. The molecule has 1 amide bonds. The molecule has 0 spiro atoms. The molecule has 3 heterocycles. The van der Waals surface area contributed by atoms with Gasteiger partial charge in [0, 0.05) is 37.1 Å². The maximum atomic E-state index is 12.5.